The maximum absolute atomic E-state index is 14.3. The molecule has 0 aliphatic carbocycles. The van der Waals surface area contributed by atoms with Crippen molar-refractivity contribution >= 4 is 29.3 Å². The van der Waals surface area contributed by atoms with Crippen molar-refractivity contribution < 1.29 is 60.3 Å². The lowest BCUT2D eigenvalue weighted by molar-refractivity contribution is -0.178. The summed E-state index contributed by atoms with van der Waals surface area (Å²) in [6.07, 6.45) is -2.49. The third-order valence-corrected chi connectivity index (χ3v) is 7.78. The van der Waals surface area contributed by atoms with Crippen molar-refractivity contribution in [2.75, 3.05) is 12.3 Å². The molecule has 23 heteroatoms. The second-order valence-corrected chi connectivity index (χ2v) is 11.3. The van der Waals surface area contributed by atoms with Gasteiger partial charge in [0.15, 0.2) is 0 Å². The molecular weight excluding hydrogens is 548 g/mol. The van der Waals surface area contributed by atoms with Gasteiger partial charge in [-0.15, -0.1) is 0 Å². The zero-order valence-corrected chi connectivity index (χ0v) is 20.2. The van der Waals surface area contributed by atoms with Crippen LogP contribution in [0.4, 0.5) is 10.2 Å². The van der Waals surface area contributed by atoms with E-state index in [1.807, 2.05) is 0 Å². The predicted molar refractivity (Wildman–Crippen MR) is 110 cm³/mol. The third kappa shape index (κ3) is 10.0. The standard InChI is InChI=1S/C12H20FN6O13P3/c1-12(13,17-18-15)30-8-4-7(5-19-3-2-10(14)16-11(19)20)29-9(8)6-28-34(24,25)32-35(26,27)31-33(21,22)23/h2-3,7-9H,4-6H2,1H3,(H,24,25)(H,26,27)(H2,14,16,20)(H2,21,22,23)/t7-,8?,9-,12-/m1/s1. The molecule has 35 heavy (non-hydrogen) atoms. The molecule has 0 aromatic carbocycles. The zero-order valence-electron chi connectivity index (χ0n) is 17.5. The lowest BCUT2D eigenvalue weighted by Gasteiger charge is -2.25. The minimum atomic E-state index is -5.77. The highest BCUT2D eigenvalue weighted by atomic mass is 31.3. The molecule has 0 bridgehead atoms. The Morgan fingerprint density at radius 2 is 2.00 bits per heavy atom. The maximum Gasteiger partial charge on any atom is 0.490 e. The van der Waals surface area contributed by atoms with Crippen LogP contribution >= 0.6 is 23.5 Å². The van der Waals surface area contributed by atoms with Gasteiger partial charge < -0.3 is 34.8 Å². The smallest absolute Gasteiger partial charge is 0.383 e. The van der Waals surface area contributed by atoms with Crippen LogP contribution < -0.4 is 11.4 Å². The Hall–Kier alpha value is -1.75. The van der Waals surface area contributed by atoms with E-state index in [0.717, 1.165) is 11.5 Å². The summed E-state index contributed by atoms with van der Waals surface area (Å²) in [4.78, 5) is 53.6. The fourth-order valence-corrected chi connectivity index (χ4v) is 5.87. The molecule has 6 N–H and O–H groups in total. The fourth-order valence-electron chi connectivity index (χ4n) is 2.84. The SMILES string of the molecule is C[C@@](F)(N=[N+]=[N-])OC1C[C@H](Cn2ccc(N)nc2=O)O[C@@H]1COP(=O)(O)OP(=O)(O)OP(=O)(O)O. The number of phosphoric acid groups is 3. The topological polar surface area (TPSA) is 288 Å². The Kier molecular flexibility index (Phi) is 9.36. The number of hydrogen-bond donors (Lipinski definition) is 5. The molecule has 2 heterocycles. The van der Waals surface area contributed by atoms with Crippen molar-refractivity contribution in [3.05, 3.63) is 33.2 Å². The van der Waals surface area contributed by atoms with E-state index >= 15 is 0 Å². The summed E-state index contributed by atoms with van der Waals surface area (Å²) in [5, 5.41) is 2.81. The van der Waals surface area contributed by atoms with E-state index in [1.165, 1.54) is 12.3 Å². The van der Waals surface area contributed by atoms with Gasteiger partial charge >= 0.3 is 29.2 Å². The van der Waals surface area contributed by atoms with Gasteiger partial charge in [-0.2, -0.15) is 13.6 Å². The van der Waals surface area contributed by atoms with Crippen LogP contribution in [-0.4, -0.2) is 60.0 Å². The van der Waals surface area contributed by atoms with Gasteiger partial charge in [0.2, 0.25) is 0 Å². The number of rotatable bonds is 12. The minimum Gasteiger partial charge on any atom is -0.383 e. The highest BCUT2D eigenvalue weighted by molar-refractivity contribution is 7.66. The molecular formula is C12H20FN6O13P3. The van der Waals surface area contributed by atoms with Crippen LogP contribution in [0.3, 0.4) is 0 Å². The van der Waals surface area contributed by atoms with Crippen molar-refractivity contribution in [1.82, 2.24) is 9.55 Å². The van der Waals surface area contributed by atoms with E-state index in [4.69, 9.17) is 30.5 Å². The largest absolute Gasteiger partial charge is 0.490 e. The maximum atomic E-state index is 14.3. The highest BCUT2D eigenvalue weighted by Gasteiger charge is 2.44. The number of nitrogens with zero attached hydrogens (tertiary/aromatic N) is 5. The molecule has 6 atom stereocenters. The molecule has 1 aliphatic rings. The van der Waals surface area contributed by atoms with Crippen molar-refractivity contribution in [3.8, 4) is 0 Å². The lowest BCUT2D eigenvalue weighted by Crippen LogP contribution is -2.35. The summed E-state index contributed by atoms with van der Waals surface area (Å²) < 4.78 is 71.8. The number of anilines is 1. The van der Waals surface area contributed by atoms with Gasteiger partial charge in [-0.05, 0) is 16.7 Å². The van der Waals surface area contributed by atoms with Crippen LogP contribution in [0.5, 0.6) is 0 Å². The van der Waals surface area contributed by atoms with Gasteiger partial charge in [0.25, 0.3) is 5.98 Å². The van der Waals surface area contributed by atoms with Crippen LogP contribution in [-0.2, 0) is 42.9 Å². The summed E-state index contributed by atoms with van der Waals surface area (Å²) in [5.41, 5.74) is 13.1. The zero-order chi connectivity index (χ0) is 26.7. The van der Waals surface area contributed by atoms with E-state index in [9.17, 15) is 32.7 Å². The van der Waals surface area contributed by atoms with Crippen LogP contribution in [0.25, 0.3) is 10.4 Å². The number of halogens is 1. The third-order valence-electron chi connectivity index (χ3n) is 3.98. The van der Waals surface area contributed by atoms with Gasteiger partial charge in [0.1, 0.15) is 11.9 Å². The van der Waals surface area contributed by atoms with Gasteiger partial charge in [0.05, 0.1) is 25.4 Å². The first-order valence-electron chi connectivity index (χ1n) is 9.10. The van der Waals surface area contributed by atoms with E-state index in [-0.39, 0.29) is 18.8 Å². The Morgan fingerprint density at radius 3 is 2.57 bits per heavy atom. The number of ether oxygens (including phenoxy) is 2. The van der Waals surface area contributed by atoms with Gasteiger partial charge in [0, 0.05) is 24.5 Å². The molecule has 19 nitrogen and oxygen atoms in total. The van der Waals surface area contributed by atoms with Crippen LogP contribution in [0, 0.1) is 0 Å². The van der Waals surface area contributed by atoms with Crippen molar-refractivity contribution in [2.45, 2.75) is 44.2 Å². The van der Waals surface area contributed by atoms with Gasteiger partial charge in [-0.1, -0.05) is 0 Å². The molecule has 1 fully saturated rings. The van der Waals surface area contributed by atoms with E-state index in [1.54, 1.807) is 0 Å². The number of hydrogen-bond acceptors (Lipinski definition) is 12. The Balaban J connectivity index is 2.15. The van der Waals surface area contributed by atoms with Gasteiger partial charge in [-0.25, -0.2) is 22.9 Å². The van der Waals surface area contributed by atoms with E-state index < -0.39 is 60.1 Å². The molecule has 1 aliphatic heterocycles. The quantitative estimate of drug-likeness (QED) is 0.0761. The molecule has 1 aromatic heterocycles. The van der Waals surface area contributed by atoms with Crippen molar-refractivity contribution in [2.24, 2.45) is 5.11 Å². The van der Waals surface area contributed by atoms with Crippen LogP contribution in [0.15, 0.2) is 22.2 Å². The summed E-state index contributed by atoms with van der Waals surface area (Å²) in [7, 11) is -16.9. The molecule has 0 radical (unpaired) electrons. The molecule has 3 unspecified atom stereocenters. The lowest BCUT2D eigenvalue weighted by atomic mass is 10.1. The van der Waals surface area contributed by atoms with E-state index in [2.05, 4.69) is 28.2 Å². The molecule has 0 saturated carbocycles. The van der Waals surface area contributed by atoms with Crippen LogP contribution in [0.2, 0.25) is 0 Å². The molecule has 2 rings (SSSR count). The molecule has 198 valence electrons. The first-order valence-corrected chi connectivity index (χ1v) is 13.6. The summed E-state index contributed by atoms with van der Waals surface area (Å²) in [5.74, 6) is -2.94. The second-order valence-electron chi connectivity index (χ2n) is 6.92. The predicted octanol–water partition coefficient (Wildman–Crippen LogP) is 0.665. The average molecular weight is 568 g/mol. The number of aromatic nitrogens is 2. The first-order chi connectivity index (χ1) is 15.9. The summed E-state index contributed by atoms with van der Waals surface area (Å²) in [6, 6.07) is 1.32. The number of nitrogen functional groups attached to an aromatic ring is 1. The molecule has 1 saturated heterocycles. The van der Waals surface area contributed by atoms with Crippen molar-refractivity contribution in [1.29, 1.82) is 0 Å². The highest BCUT2D eigenvalue weighted by Crippen LogP contribution is 2.66. The Bertz CT molecular complexity index is 1170. The monoisotopic (exact) mass is 568 g/mol. The number of nitrogens with two attached hydrogens (primary N) is 1. The minimum absolute atomic E-state index is 0.0451. The molecule has 1 aromatic rings. The van der Waals surface area contributed by atoms with Gasteiger partial charge in [-0.3, -0.25) is 9.09 Å². The average Bonchev–Trinajstić information content (AvgIpc) is 3.00. The summed E-state index contributed by atoms with van der Waals surface area (Å²) in [6.45, 7) is -0.373. The number of alkyl halides is 1. The molecule has 0 spiro atoms. The Morgan fingerprint density at radius 1 is 1.34 bits per heavy atom. The normalized spacial score (nSPS) is 25.7. The second kappa shape index (κ2) is 11.1. The summed E-state index contributed by atoms with van der Waals surface area (Å²) >= 11 is 0. The Labute approximate surface area is 194 Å². The van der Waals surface area contributed by atoms with Crippen molar-refractivity contribution in [3.63, 3.8) is 0 Å². The molecule has 0 amide bonds. The fraction of sp³-hybridized carbons (Fsp3) is 0.667. The number of azide groups is 1. The first kappa shape index (κ1) is 29.5. The number of phosphoric ester groups is 1. The van der Waals surface area contributed by atoms with Crippen LogP contribution in [0.1, 0.15) is 13.3 Å². The van der Waals surface area contributed by atoms with E-state index in [0.29, 0.717) is 0 Å².